The Bertz CT molecular complexity index is 1030. The molecule has 0 aliphatic carbocycles. The third-order valence-electron chi connectivity index (χ3n) is 4.38. The van der Waals surface area contributed by atoms with Gasteiger partial charge in [-0.05, 0) is 50.6 Å². The summed E-state index contributed by atoms with van der Waals surface area (Å²) in [5, 5.41) is 2.94. The number of sulfonamides is 1. The smallest absolute Gasteiger partial charge is 0.263 e. The van der Waals surface area contributed by atoms with Crippen LogP contribution in [0.5, 0.6) is 5.75 Å². The summed E-state index contributed by atoms with van der Waals surface area (Å²) in [5.41, 5.74) is 1.48. The SMILES string of the molecule is CC(C)Oc1cccc(C(C)NC(=O)CCN=C2NS(=O)(=O)c3ccccc32)c1. The molecule has 3 rings (SSSR count). The molecule has 1 aliphatic rings. The van der Waals surface area contributed by atoms with Crippen LogP contribution in [-0.4, -0.2) is 32.8 Å². The number of benzene rings is 2. The first-order chi connectivity index (χ1) is 13.8. The summed E-state index contributed by atoms with van der Waals surface area (Å²) >= 11 is 0. The number of amides is 1. The van der Waals surface area contributed by atoms with Crippen molar-refractivity contribution in [3.8, 4) is 5.75 Å². The summed E-state index contributed by atoms with van der Waals surface area (Å²) in [5.74, 6) is 0.878. The number of hydrogen-bond acceptors (Lipinski definition) is 5. The maximum absolute atomic E-state index is 12.3. The largest absolute Gasteiger partial charge is 0.491 e. The van der Waals surface area contributed by atoms with Crippen molar-refractivity contribution in [1.82, 2.24) is 10.0 Å². The molecule has 7 nitrogen and oxygen atoms in total. The minimum Gasteiger partial charge on any atom is -0.491 e. The summed E-state index contributed by atoms with van der Waals surface area (Å²) in [6, 6.07) is 14.1. The highest BCUT2D eigenvalue weighted by Crippen LogP contribution is 2.22. The number of amidine groups is 1. The lowest BCUT2D eigenvalue weighted by Gasteiger charge is -2.16. The lowest BCUT2D eigenvalue weighted by atomic mass is 10.1. The van der Waals surface area contributed by atoms with Crippen LogP contribution in [0.4, 0.5) is 0 Å². The molecule has 29 heavy (non-hydrogen) atoms. The molecule has 1 unspecified atom stereocenters. The molecule has 2 aromatic rings. The van der Waals surface area contributed by atoms with Gasteiger partial charge in [0.2, 0.25) is 5.91 Å². The molecule has 1 atom stereocenters. The van der Waals surface area contributed by atoms with E-state index in [4.69, 9.17) is 4.74 Å². The second kappa shape index (κ2) is 8.65. The predicted octanol–water partition coefficient (Wildman–Crippen LogP) is 2.78. The van der Waals surface area contributed by atoms with E-state index in [2.05, 4.69) is 15.0 Å². The molecule has 1 amide bonds. The van der Waals surface area contributed by atoms with Gasteiger partial charge in [-0.2, -0.15) is 0 Å². The third kappa shape index (κ3) is 5.14. The Labute approximate surface area is 171 Å². The molecular weight excluding hydrogens is 390 g/mol. The van der Waals surface area contributed by atoms with Gasteiger partial charge in [0.1, 0.15) is 11.6 Å². The van der Waals surface area contributed by atoms with Crippen LogP contribution in [-0.2, 0) is 14.8 Å². The van der Waals surface area contributed by atoms with Gasteiger partial charge in [-0.15, -0.1) is 0 Å². The Morgan fingerprint density at radius 2 is 1.90 bits per heavy atom. The maximum Gasteiger partial charge on any atom is 0.263 e. The summed E-state index contributed by atoms with van der Waals surface area (Å²) in [7, 11) is -3.57. The molecule has 0 radical (unpaired) electrons. The molecule has 0 bridgehead atoms. The molecule has 1 heterocycles. The Hall–Kier alpha value is -2.87. The van der Waals surface area contributed by atoms with Crippen LogP contribution < -0.4 is 14.8 Å². The summed E-state index contributed by atoms with van der Waals surface area (Å²) in [6.07, 6.45) is 0.229. The van der Waals surface area contributed by atoms with Crippen LogP contribution in [0.25, 0.3) is 0 Å². The monoisotopic (exact) mass is 415 g/mol. The third-order valence-corrected chi connectivity index (χ3v) is 5.78. The van der Waals surface area contributed by atoms with E-state index in [1.807, 2.05) is 45.0 Å². The number of carbonyl (C=O) groups excluding carboxylic acids is 1. The first-order valence-corrected chi connectivity index (χ1v) is 11.0. The van der Waals surface area contributed by atoms with Crippen molar-refractivity contribution in [2.75, 3.05) is 6.54 Å². The van der Waals surface area contributed by atoms with E-state index in [1.165, 1.54) is 6.07 Å². The topological polar surface area (TPSA) is 96.9 Å². The van der Waals surface area contributed by atoms with Gasteiger partial charge < -0.3 is 10.1 Å². The van der Waals surface area contributed by atoms with Crippen LogP contribution in [0.1, 0.15) is 44.4 Å². The summed E-state index contributed by atoms with van der Waals surface area (Å²) in [6.45, 7) is 6.01. The fourth-order valence-electron chi connectivity index (χ4n) is 3.05. The number of rotatable bonds is 7. The Morgan fingerprint density at radius 3 is 2.66 bits per heavy atom. The van der Waals surface area contributed by atoms with Gasteiger partial charge in [-0.3, -0.25) is 14.5 Å². The normalized spacial score (nSPS) is 16.9. The molecule has 0 saturated carbocycles. The quantitative estimate of drug-likeness (QED) is 0.727. The zero-order valence-corrected chi connectivity index (χ0v) is 17.5. The molecule has 8 heteroatoms. The van der Waals surface area contributed by atoms with Crippen molar-refractivity contribution in [2.24, 2.45) is 4.99 Å². The first-order valence-electron chi connectivity index (χ1n) is 9.49. The van der Waals surface area contributed by atoms with E-state index >= 15 is 0 Å². The van der Waals surface area contributed by atoms with Crippen LogP contribution in [0.3, 0.4) is 0 Å². The van der Waals surface area contributed by atoms with Crippen LogP contribution in [0.15, 0.2) is 58.4 Å². The highest BCUT2D eigenvalue weighted by Gasteiger charge is 2.29. The van der Waals surface area contributed by atoms with Crippen LogP contribution in [0.2, 0.25) is 0 Å². The van der Waals surface area contributed by atoms with Gasteiger partial charge in [0.25, 0.3) is 10.0 Å². The number of ether oxygens (including phenoxy) is 1. The molecule has 2 aromatic carbocycles. The molecule has 1 aliphatic heterocycles. The van der Waals surface area contributed by atoms with Crippen molar-refractivity contribution in [1.29, 1.82) is 0 Å². The first kappa shape index (κ1) is 20.9. The maximum atomic E-state index is 12.3. The van der Waals surface area contributed by atoms with E-state index in [9.17, 15) is 13.2 Å². The van der Waals surface area contributed by atoms with Crippen LogP contribution in [0, 0.1) is 0 Å². The average molecular weight is 416 g/mol. The van der Waals surface area contributed by atoms with Crippen LogP contribution >= 0.6 is 0 Å². The van der Waals surface area contributed by atoms with Gasteiger partial charge in [-0.1, -0.05) is 24.3 Å². The second-order valence-corrected chi connectivity index (χ2v) is 8.76. The zero-order chi connectivity index (χ0) is 21.0. The van der Waals surface area contributed by atoms with Gasteiger partial charge in [0.15, 0.2) is 0 Å². The number of nitrogens with one attached hydrogen (secondary N) is 2. The van der Waals surface area contributed by atoms with E-state index < -0.39 is 10.0 Å². The Morgan fingerprint density at radius 1 is 1.14 bits per heavy atom. The molecule has 0 aromatic heterocycles. The lowest BCUT2D eigenvalue weighted by molar-refractivity contribution is -0.121. The van der Waals surface area contributed by atoms with Crippen molar-refractivity contribution in [3.63, 3.8) is 0 Å². The number of carbonyl (C=O) groups is 1. The standard InChI is InChI=1S/C21H25N3O4S/c1-14(2)28-17-8-6-7-16(13-17)15(3)23-20(25)11-12-22-21-18-9-4-5-10-19(18)29(26,27)24-21/h4-10,13-15H,11-12H2,1-3H3,(H,22,24)(H,23,25). The van der Waals surface area contributed by atoms with Gasteiger partial charge >= 0.3 is 0 Å². The highest BCUT2D eigenvalue weighted by atomic mass is 32.2. The van der Waals surface area contributed by atoms with E-state index in [1.54, 1.807) is 18.2 Å². The van der Waals surface area contributed by atoms with Crippen molar-refractivity contribution >= 4 is 21.8 Å². The molecular formula is C21H25N3O4S. The van der Waals surface area contributed by atoms with Gasteiger partial charge in [0.05, 0.1) is 23.6 Å². The minimum atomic E-state index is -3.57. The lowest BCUT2D eigenvalue weighted by Crippen LogP contribution is -2.27. The second-order valence-electron chi connectivity index (χ2n) is 7.11. The summed E-state index contributed by atoms with van der Waals surface area (Å²) in [4.78, 5) is 16.8. The van der Waals surface area contributed by atoms with E-state index in [0.29, 0.717) is 5.56 Å². The van der Waals surface area contributed by atoms with Gasteiger partial charge in [-0.25, -0.2) is 8.42 Å². The van der Waals surface area contributed by atoms with Crippen molar-refractivity contribution < 1.29 is 17.9 Å². The van der Waals surface area contributed by atoms with Crippen molar-refractivity contribution in [2.45, 2.75) is 44.2 Å². The van der Waals surface area contributed by atoms with E-state index in [0.717, 1.165) is 11.3 Å². The molecule has 0 spiro atoms. The zero-order valence-electron chi connectivity index (χ0n) is 16.7. The highest BCUT2D eigenvalue weighted by molar-refractivity contribution is 7.90. The molecule has 0 fully saturated rings. The predicted molar refractivity (Wildman–Crippen MR) is 112 cm³/mol. The molecule has 154 valence electrons. The molecule has 0 saturated heterocycles. The average Bonchev–Trinajstić information content (AvgIpc) is 2.92. The number of aliphatic imine (C=N–C) groups is 1. The Balaban J connectivity index is 1.58. The Kier molecular flexibility index (Phi) is 6.22. The molecule has 2 N–H and O–H groups in total. The fraction of sp³-hybridized carbons (Fsp3) is 0.333. The number of nitrogens with zero attached hydrogens (tertiary/aromatic N) is 1. The fourth-order valence-corrected chi connectivity index (χ4v) is 4.30. The minimum absolute atomic E-state index is 0.0763. The van der Waals surface area contributed by atoms with E-state index in [-0.39, 0.29) is 41.7 Å². The van der Waals surface area contributed by atoms with Crippen molar-refractivity contribution in [3.05, 3.63) is 59.7 Å². The summed E-state index contributed by atoms with van der Waals surface area (Å²) < 4.78 is 32.3. The van der Waals surface area contributed by atoms with Gasteiger partial charge in [0, 0.05) is 12.0 Å². The number of hydrogen-bond donors (Lipinski definition) is 2. The number of fused-ring (bicyclic) bond motifs is 1.